The highest BCUT2D eigenvalue weighted by Gasteiger charge is 2.23. The Balaban J connectivity index is 1.48. The number of carbonyl (C=O) groups excluding carboxylic acids is 1. The van der Waals surface area contributed by atoms with Crippen LogP contribution in [0.25, 0.3) is 0 Å². The van der Waals surface area contributed by atoms with E-state index in [0.717, 1.165) is 37.6 Å². The first-order valence-electron chi connectivity index (χ1n) is 9.08. The molecule has 2 aromatic rings. The molecule has 1 amide bonds. The maximum absolute atomic E-state index is 13.8. The number of nitrogens with zero attached hydrogens (tertiary/aromatic N) is 3. The summed E-state index contributed by atoms with van der Waals surface area (Å²) >= 11 is 0. The molecule has 1 aromatic heterocycles. The van der Waals surface area contributed by atoms with Crippen LogP contribution < -0.4 is 0 Å². The van der Waals surface area contributed by atoms with Crippen LogP contribution >= 0.6 is 0 Å². The molecule has 1 aliphatic heterocycles. The van der Waals surface area contributed by atoms with Gasteiger partial charge in [0.15, 0.2) is 0 Å². The lowest BCUT2D eigenvalue weighted by molar-refractivity contribution is -0.133. The summed E-state index contributed by atoms with van der Waals surface area (Å²) in [6.07, 6.45) is 9.32. The molecule has 0 spiro atoms. The summed E-state index contributed by atoms with van der Waals surface area (Å²) in [5, 5.41) is 0. The van der Waals surface area contributed by atoms with E-state index in [4.69, 9.17) is 0 Å². The number of rotatable bonds is 6. The van der Waals surface area contributed by atoms with E-state index in [-0.39, 0.29) is 5.91 Å². The first-order chi connectivity index (χ1) is 12.6. The molecule has 1 unspecified atom stereocenters. The van der Waals surface area contributed by atoms with E-state index >= 15 is 0 Å². The SMILES string of the molecule is O=C(CCc1cnccn1)N1CCCC(CCc2ccc(F)cc2F)C1. The van der Waals surface area contributed by atoms with Crippen molar-refractivity contribution in [2.75, 3.05) is 13.1 Å². The van der Waals surface area contributed by atoms with Crippen LogP contribution in [-0.4, -0.2) is 33.9 Å². The monoisotopic (exact) mass is 359 g/mol. The fourth-order valence-electron chi connectivity index (χ4n) is 3.46. The van der Waals surface area contributed by atoms with Gasteiger partial charge in [-0.2, -0.15) is 0 Å². The maximum atomic E-state index is 13.8. The molecular weight excluding hydrogens is 336 g/mol. The van der Waals surface area contributed by atoms with Gasteiger partial charge in [-0.3, -0.25) is 14.8 Å². The number of hydrogen-bond donors (Lipinski definition) is 0. The zero-order valence-corrected chi connectivity index (χ0v) is 14.7. The van der Waals surface area contributed by atoms with Gasteiger partial charge in [-0.15, -0.1) is 0 Å². The zero-order valence-electron chi connectivity index (χ0n) is 14.7. The van der Waals surface area contributed by atoms with Crippen molar-refractivity contribution < 1.29 is 13.6 Å². The van der Waals surface area contributed by atoms with Crippen LogP contribution in [0.15, 0.2) is 36.8 Å². The second kappa shape index (κ2) is 8.83. The Morgan fingerprint density at radius 2 is 2.12 bits per heavy atom. The highest BCUT2D eigenvalue weighted by atomic mass is 19.1. The van der Waals surface area contributed by atoms with E-state index in [1.807, 2.05) is 4.90 Å². The van der Waals surface area contributed by atoms with Gasteiger partial charge in [-0.05, 0) is 49.7 Å². The molecule has 1 aliphatic rings. The molecular formula is C20H23F2N3O. The second-order valence-electron chi connectivity index (χ2n) is 6.82. The van der Waals surface area contributed by atoms with Gasteiger partial charge < -0.3 is 4.90 Å². The molecule has 138 valence electrons. The molecule has 1 fully saturated rings. The third kappa shape index (κ3) is 5.07. The number of hydrogen-bond acceptors (Lipinski definition) is 3. The Labute approximate surface area is 152 Å². The number of piperidine rings is 1. The van der Waals surface area contributed by atoms with E-state index in [1.54, 1.807) is 18.6 Å². The Hall–Kier alpha value is -2.37. The first kappa shape index (κ1) is 18.4. The van der Waals surface area contributed by atoms with Gasteiger partial charge in [0.2, 0.25) is 5.91 Å². The quantitative estimate of drug-likeness (QED) is 0.792. The molecule has 1 aromatic carbocycles. The van der Waals surface area contributed by atoms with Crippen molar-refractivity contribution in [2.24, 2.45) is 5.92 Å². The molecule has 6 heteroatoms. The minimum absolute atomic E-state index is 0.133. The Kier molecular flexibility index (Phi) is 6.26. The summed E-state index contributed by atoms with van der Waals surface area (Å²) in [6, 6.07) is 3.73. The number of carbonyl (C=O) groups is 1. The summed E-state index contributed by atoms with van der Waals surface area (Å²) in [5.41, 5.74) is 1.36. The summed E-state index contributed by atoms with van der Waals surface area (Å²) < 4.78 is 26.7. The van der Waals surface area contributed by atoms with E-state index in [1.165, 1.54) is 12.1 Å². The normalized spacial score (nSPS) is 17.3. The number of aryl methyl sites for hydroxylation is 2. The smallest absolute Gasteiger partial charge is 0.222 e. The standard InChI is InChI=1S/C20H23F2N3O/c21-17-6-5-16(19(22)12-17)4-3-15-2-1-11-25(14-15)20(26)8-7-18-13-23-9-10-24-18/h5-6,9-10,12-13,15H,1-4,7-8,11,14H2. The van der Waals surface area contributed by atoms with E-state index in [0.29, 0.717) is 37.3 Å². The number of halogens is 2. The van der Waals surface area contributed by atoms with Crippen LogP contribution in [0.1, 0.15) is 36.9 Å². The van der Waals surface area contributed by atoms with Crippen molar-refractivity contribution in [3.63, 3.8) is 0 Å². The molecule has 0 radical (unpaired) electrons. The summed E-state index contributed by atoms with van der Waals surface area (Å²) in [5.74, 6) is -0.552. The molecule has 2 heterocycles. The second-order valence-corrected chi connectivity index (χ2v) is 6.82. The summed E-state index contributed by atoms with van der Waals surface area (Å²) in [7, 11) is 0. The van der Waals surface area contributed by atoms with Crippen LogP contribution in [0.4, 0.5) is 8.78 Å². The fraction of sp³-hybridized carbons (Fsp3) is 0.450. The highest BCUT2D eigenvalue weighted by Crippen LogP contribution is 2.23. The van der Waals surface area contributed by atoms with Gasteiger partial charge in [-0.25, -0.2) is 8.78 Å². The van der Waals surface area contributed by atoms with E-state index in [2.05, 4.69) is 9.97 Å². The lowest BCUT2D eigenvalue weighted by Crippen LogP contribution is -2.40. The number of likely N-dealkylation sites (tertiary alicyclic amines) is 1. The third-order valence-electron chi connectivity index (χ3n) is 4.92. The lowest BCUT2D eigenvalue weighted by atomic mass is 9.91. The first-order valence-corrected chi connectivity index (χ1v) is 9.08. The highest BCUT2D eigenvalue weighted by molar-refractivity contribution is 5.76. The van der Waals surface area contributed by atoms with Crippen LogP contribution in [0.3, 0.4) is 0 Å². The zero-order chi connectivity index (χ0) is 18.4. The minimum Gasteiger partial charge on any atom is -0.342 e. The van der Waals surface area contributed by atoms with Crippen molar-refractivity contribution in [3.05, 3.63) is 59.7 Å². The predicted octanol–water partition coefficient (Wildman–Crippen LogP) is 3.56. The summed E-state index contributed by atoms with van der Waals surface area (Å²) in [4.78, 5) is 22.6. The molecule has 0 aliphatic carbocycles. The van der Waals surface area contributed by atoms with Crippen molar-refractivity contribution in [1.82, 2.24) is 14.9 Å². The van der Waals surface area contributed by atoms with Crippen molar-refractivity contribution in [1.29, 1.82) is 0 Å². The molecule has 0 saturated carbocycles. The topological polar surface area (TPSA) is 46.1 Å². The lowest BCUT2D eigenvalue weighted by Gasteiger charge is -2.33. The Bertz CT molecular complexity index is 739. The van der Waals surface area contributed by atoms with Crippen molar-refractivity contribution in [3.8, 4) is 0 Å². The molecule has 3 rings (SSSR count). The van der Waals surface area contributed by atoms with Gasteiger partial charge in [0.05, 0.1) is 5.69 Å². The number of aromatic nitrogens is 2. The van der Waals surface area contributed by atoms with Crippen LogP contribution in [-0.2, 0) is 17.6 Å². The van der Waals surface area contributed by atoms with E-state index in [9.17, 15) is 13.6 Å². The number of amides is 1. The molecule has 0 bridgehead atoms. The van der Waals surface area contributed by atoms with Crippen molar-refractivity contribution >= 4 is 5.91 Å². The average molecular weight is 359 g/mol. The minimum atomic E-state index is -0.552. The summed E-state index contributed by atoms with van der Waals surface area (Å²) in [6.45, 7) is 1.49. The molecule has 1 saturated heterocycles. The Morgan fingerprint density at radius 1 is 1.23 bits per heavy atom. The van der Waals surface area contributed by atoms with Gasteiger partial charge in [0, 0.05) is 44.2 Å². The Morgan fingerprint density at radius 3 is 2.88 bits per heavy atom. The average Bonchev–Trinajstić information content (AvgIpc) is 2.66. The van der Waals surface area contributed by atoms with Crippen LogP contribution in [0.5, 0.6) is 0 Å². The van der Waals surface area contributed by atoms with Gasteiger partial charge >= 0.3 is 0 Å². The van der Waals surface area contributed by atoms with E-state index < -0.39 is 11.6 Å². The van der Waals surface area contributed by atoms with Gasteiger partial charge in [0.1, 0.15) is 11.6 Å². The van der Waals surface area contributed by atoms with Crippen LogP contribution in [0.2, 0.25) is 0 Å². The number of benzene rings is 1. The van der Waals surface area contributed by atoms with Crippen LogP contribution in [0, 0.1) is 17.6 Å². The maximum Gasteiger partial charge on any atom is 0.222 e. The third-order valence-corrected chi connectivity index (χ3v) is 4.92. The molecule has 4 nitrogen and oxygen atoms in total. The molecule has 26 heavy (non-hydrogen) atoms. The fourth-order valence-corrected chi connectivity index (χ4v) is 3.46. The predicted molar refractivity (Wildman–Crippen MR) is 94.3 cm³/mol. The largest absolute Gasteiger partial charge is 0.342 e. The van der Waals surface area contributed by atoms with Crippen molar-refractivity contribution in [2.45, 2.75) is 38.5 Å². The molecule has 0 N–H and O–H groups in total. The van der Waals surface area contributed by atoms with Gasteiger partial charge in [0.25, 0.3) is 0 Å². The molecule has 1 atom stereocenters. The van der Waals surface area contributed by atoms with Gasteiger partial charge in [-0.1, -0.05) is 6.07 Å².